The van der Waals surface area contributed by atoms with Crippen LogP contribution in [0.3, 0.4) is 0 Å². The van der Waals surface area contributed by atoms with Crippen LogP contribution in [0, 0.1) is 0 Å². The average molecular weight is 265 g/mol. The van der Waals surface area contributed by atoms with E-state index in [2.05, 4.69) is 34.2 Å². The molecule has 19 heavy (non-hydrogen) atoms. The van der Waals surface area contributed by atoms with Crippen molar-refractivity contribution in [3.05, 3.63) is 5.82 Å². The van der Waals surface area contributed by atoms with Gasteiger partial charge in [-0.2, -0.15) is 4.80 Å². The molecule has 0 bridgehead atoms. The maximum absolute atomic E-state index is 12.7. The van der Waals surface area contributed by atoms with Crippen LogP contribution in [-0.2, 0) is 18.3 Å². The van der Waals surface area contributed by atoms with Crippen molar-refractivity contribution < 1.29 is 4.79 Å². The smallest absolute Gasteiger partial charge is 0.182 e. The van der Waals surface area contributed by atoms with Crippen LogP contribution >= 0.6 is 0 Å². The minimum absolute atomic E-state index is 0.229. The number of carbonyl (C=O) groups is 1. The molecule has 1 aliphatic heterocycles. The number of carbonyl (C=O) groups excluding carboxylic acids is 1. The Hall–Kier alpha value is -1.30. The molecule has 6 nitrogen and oxygen atoms in total. The van der Waals surface area contributed by atoms with Gasteiger partial charge in [0.05, 0.1) is 19.0 Å². The molecule has 0 spiro atoms. The Morgan fingerprint density at radius 2 is 1.89 bits per heavy atom. The number of likely N-dealkylation sites (tertiary alicyclic amines) is 1. The second kappa shape index (κ2) is 5.77. The van der Waals surface area contributed by atoms with Crippen molar-refractivity contribution in [3.63, 3.8) is 0 Å². The molecule has 1 fully saturated rings. The molecule has 0 unspecified atom stereocenters. The molecule has 6 heteroatoms. The first-order valence-electron chi connectivity index (χ1n) is 7.13. The lowest BCUT2D eigenvalue weighted by molar-refractivity contribution is -0.130. The number of aryl methyl sites for hydroxylation is 1. The summed E-state index contributed by atoms with van der Waals surface area (Å²) < 4.78 is 0. The SMILES string of the molecule is CCC(CC)(C(=O)Cc1nnn(C)n1)N1CCCC1. The van der Waals surface area contributed by atoms with E-state index in [1.807, 2.05) is 0 Å². The highest BCUT2D eigenvalue weighted by Gasteiger charge is 2.41. The maximum atomic E-state index is 12.7. The molecular weight excluding hydrogens is 242 g/mol. The molecule has 0 aliphatic carbocycles. The van der Waals surface area contributed by atoms with Crippen LogP contribution in [0.2, 0.25) is 0 Å². The number of aromatic nitrogens is 4. The van der Waals surface area contributed by atoms with Crippen LogP contribution in [0.1, 0.15) is 45.4 Å². The van der Waals surface area contributed by atoms with Gasteiger partial charge in [-0.25, -0.2) is 0 Å². The lowest BCUT2D eigenvalue weighted by Crippen LogP contribution is -2.53. The second-order valence-corrected chi connectivity index (χ2v) is 5.23. The average Bonchev–Trinajstić information content (AvgIpc) is 3.04. The van der Waals surface area contributed by atoms with Crippen LogP contribution < -0.4 is 0 Å². The lowest BCUT2D eigenvalue weighted by atomic mass is 9.84. The highest BCUT2D eigenvalue weighted by atomic mass is 16.1. The normalized spacial score (nSPS) is 17.0. The van der Waals surface area contributed by atoms with Gasteiger partial charge in [0.2, 0.25) is 0 Å². The minimum atomic E-state index is -0.338. The van der Waals surface area contributed by atoms with E-state index < -0.39 is 0 Å². The number of tetrazole rings is 1. The number of rotatable bonds is 6. The summed E-state index contributed by atoms with van der Waals surface area (Å²) in [7, 11) is 1.72. The van der Waals surface area contributed by atoms with E-state index in [-0.39, 0.29) is 17.7 Å². The molecule has 1 aliphatic rings. The predicted octanol–water partition coefficient (Wildman–Crippen LogP) is 0.976. The molecule has 0 amide bonds. The third-order valence-electron chi connectivity index (χ3n) is 4.27. The number of ketones is 1. The minimum Gasteiger partial charge on any atom is -0.297 e. The van der Waals surface area contributed by atoms with Gasteiger partial charge < -0.3 is 0 Å². The summed E-state index contributed by atoms with van der Waals surface area (Å²) >= 11 is 0. The van der Waals surface area contributed by atoms with Crippen LogP contribution in [-0.4, -0.2) is 49.5 Å². The summed E-state index contributed by atoms with van der Waals surface area (Å²) in [4.78, 5) is 16.5. The molecule has 1 aromatic rings. The molecule has 2 rings (SSSR count). The van der Waals surface area contributed by atoms with E-state index in [0.717, 1.165) is 25.9 Å². The number of hydrogen-bond donors (Lipinski definition) is 0. The van der Waals surface area contributed by atoms with Crippen LogP contribution in [0.15, 0.2) is 0 Å². The van der Waals surface area contributed by atoms with Gasteiger partial charge in [-0.3, -0.25) is 9.69 Å². The molecule has 0 aromatic carbocycles. The summed E-state index contributed by atoms with van der Waals surface area (Å²) in [5.74, 6) is 0.755. The van der Waals surface area contributed by atoms with E-state index in [1.54, 1.807) is 7.05 Å². The van der Waals surface area contributed by atoms with E-state index >= 15 is 0 Å². The fourth-order valence-electron chi connectivity index (χ4n) is 3.12. The van der Waals surface area contributed by atoms with Crippen molar-refractivity contribution in [2.24, 2.45) is 7.05 Å². The molecule has 0 radical (unpaired) electrons. The Kier molecular flexibility index (Phi) is 4.29. The first kappa shape index (κ1) is 14.1. The van der Waals surface area contributed by atoms with Crippen molar-refractivity contribution in [3.8, 4) is 0 Å². The van der Waals surface area contributed by atoms with Crippen LogP contribution in [0.4, 0.5) is 0 Å². The number of nitrogens with zero attached hydrogens (tertiary/aromatic N) is 5. The third-order valence-corrected chi connectivity index (χ3v) is 4.27. The summed E-state index contributed by atoms with van der Waals surface area (Å²) in [6, 6.07) is 0. The Bertz CT molecular complexity index is 432. The first-order chi connectivity index (χ1) is 9.12. The molecule has 0 atom stereocenters. The van der Waals surface area contributed by atoms with Gasteiger partial charge in [-0.1, -0.05) is 13.8 Å². The zero-order valence-electron chi connectivity index (χ0n) is 12.1. The molecule has 1 saturated heterocycles. The van der Waals surface area contributed by atoms with Crippen molar-refractivity contribution in [1.29, 1.82) is 0 Å². The highest BCUT2D eigenvalue weighted by Crippen LogP contribution is 2.30. The van der Waals surface area contributed by atoms with Crippen LogP contribution in [0.5, 0.6) is 0 Å². The second-order valence-electron chi connectivity index (χ2n) is 5.23. The van der Waals surface area contributed by atoms with Gasteiger partial charge in [0, 0.05) is 0 Å². The van der Waals surface area contributed by atoms with Gasteiger partial charge in [0.15, 0.2) is 11.6 Å². The lowest BCUT2D eigenvalue weighted by Gasteiger charge is -2.39. The van der Waals surface area contributed by atoms with E-state index in [0.29, 0.717) is 5.82 Å². The standard InChI is InChI=1S/C13H23N5O/c1-4-13(5-2,18-8-6-7-9-18)11(19)10-12-14-16-17(3)15-12/h4-10H2,1-3H3. The van der Waals surface area contributed by atoms with Crippen LogP contribution in [0.25, 0.3) is 0 Å². The fourth-order valence-corrected chi connectivity index (χ4v) is 3.12. The maximum Gasteiger partial charge on any atom is 0.182 e. The Labute approximate surface area is 114 Å². The first-order valence-corrected chi connectivity index (χ1v) is 7.13. The molecule has 2 heterocycles. The Morgan fingerprint density at radius 1 is 1.26 bits per heavy atom. The largest absolute Gasteiger partial charge is 0.297 e. The van der Waals surface area contributed by atoms with Crippen molar-refractivity contribution in [2.75, 3.05) is 13.1 Å². The fraction of sp³-hybridized carbons (Fsp3) is 0.846. The number of hydrogen-bond acceptors (Lipinski definition) is 5. The zero-order chi connectivity index (χ0) is 13.9. The Morgan fingerprint density at radius 3 is 2.37 bits per heavy atom. The van der Waals surface area contributed by atoms with Gasteiger partial charge in [-0.05, 0) is 44.0 Å². The van der Waals surface area contributed by atoms with E-state index in [9.17, 15) is 4.79 Å². The zero-order valence-corrected chi connectivity index (χ0v) is 12.1. The predicted molar refractivity (Wildman–Crippen MR) is 71.6 cm³/mol. The van der Waals surface area contributed by atoms with Crippen molar-refractivity contribution in [1.82, 2.24) is 25.1 Å². The molecular formula is C13H23N5O. The highest BCUT2D eigenvalue weighted by molar-refractivity contribution is 5.89. The van der Waals surface area contributed by atoms with Gasteiger partial charge in [-0.15, -0.1) is 10.2 Å². The molecule has 1 aromatic heterocycles. The van der Waals surface area contributed by atoms with Gasteiger partial charge in [0.1, 0.15) is 0 Å². The summed E-state index contributed by atoms with van der Waals surface area (Å²) in [5, 5.41) is 11.8. The Balaban J connectivity index is 2.15. The summed E-state index contributed by atoms with van der Waals surface area (Å²) in [6.45, 7) is 6.26. The van der Waals surface area contributed by atoms with Gasteiger partial charge in [0.25, 0.3) is 0 Å². The van der Waals surface area contributed by atoms with Crippen molar-refractivity contribution >= 4 is 5.78 Å². The summed E-state index contributed by atoms with van der Waals surface area (Å²) in [5.41, 5.74) is -0.338. The quantitative estimate of drug-likeness (QED) is 0.767. The van der Waals surface area contributed by atoms with Gasteiger partial charge >= 0.3 is 0 Å². The van der Waals surface area contributed by atoms with E-state index in [4.69, 9.17) is 0 Å². The summed E-state index contributed by atoms with van der Waals surface area (Å²) in [6.07, 6.45) is 4.37. The molecule has 0 saturated carbocycles. The molecule has 106 valence electrons. The van der Waals surface area contributed by atoms with E-state index in [1.165, 1.54) is 17.6 Å². The topological polar surface area (TPSA) is 63.9 Å². The van der Waals surface area contributed by atoms with Crippen molar-refractivity contribution in [2.45, 2.75) is 51.5 Å². The monoisotopic (exact) mass is 265 g/mol. The third kappa shape index (κ3) is 2.68. The molecule has 0 N–H and O–H groups in total. The number of Topliss-reactive ketones (excluding diaryl/α,β-unsaturated/α-hetero) is 1.